The van der Waals surface area contributed by atoms with Crippen molar-refractivity contribution < 1.29 is 9.53 Å². The molecule has 106 valence electrons. The van der Waals surface area contributed by atoms with Gasteiger partial charge in [0.15, 0.2) is 6.29 Å². The summed E-state index contributed by atoms with van der Waals surface area (Å²) >= 11 is 0. The Bertz CT molecular complexity index is 561. The van der Waals surface area contributed by atoms with Gasteiger partial charge in [-0.1, -0.05) is 30.7 Å². The van der Waals surface area contributed by atoms with Gasteiger partial charge in [-0.3, -0.25) is 4.79 Å². The average Bonchev–Trinajstić information content (AvgIpc) is 2.88. The molecule has 0 bridgehead atoms. The number of ether oxygens (including phenoxy) is 1. The van der Waals surface area contributed by atoms with Crippen LogP contribution in [0.4, 0.5) is 0 Å². The largest absolute Gasteiger partial charge is 0.497 e. The van der Waals surface area contributed by atoms with E-state index in [4.69, 9.17) is 4.74 Å². The third-order valence-corrected chi connectivity index (χ3v) is 3.23. The van der Waals surface area contributed by atoms with E-state index in [1.165, 1.54) is 0 Å². The lowest BCUT2D eigenvalue weighted by Crippen LogP contribution is -2.07. The number of benzene rings is 1. The number of carbonyl (C=O) groups is 1. The zero-order chi connectivity index (χ0) is 14.4. The molecule has 2 aromatic rings. The molecule has 0 amide bonds. The van der Waals surface area contributed by atoms with Gasteiger partial charge < -0.3 is 4.74 Å². The smallest absolute Gasteiger partial charge is 0.172 e. The molecule has 2 rings (SSSR count). The second kappa shape index (κ2) is 6.84. The Hall–Kier alpha value is -2.17. The van der Waals surface area contributed by atoms with E-state index in [1.807, 2.05) is 28.9 Å². The Labute approximate surface area is 118 Å². The average molecular weight is 273 g/mol. The maximum atomic E-state index is 11.1. The first kappa shape index (κ1) is 14.2. The van der Waals surface area contributed by atoms with E-state index >= 15 is 0 Å². The van der Waals surface area contributed by atoms with Gasteiger partial charge in [0.05, 0.1) is 12.8 Å². The number of unbranched alkanes of at least 4 members (excludes halogenated alkanes) is 1. The number of rotatable bonds is 7. The van der Waals surface area contributed by atoms with Crippen LogP contribution in [-0.2, 0) is 13.0 Å². The first-order valence-corrected chi connectivity index (χ1v) is 6.79. The summed E-state index contributed by atoms with van der Waals surface area (Å²) in [4.78, 5) is 11.1. The van der Waals surface area contributed by atoms with E-state index in [9.17, 15) is 4.79 Å². The Balaban J connectivity index is 2.21. The zero-order valence-electron chi connectivity index (χ0n) is 11.9. The third-order valence-electron chi connectivity index (χ3n) is 3.23. The summed E-state index contributed by atoms with van der Waals surface area (Å²) in [7, 11) is 1.64. The number of carbonyl (C=O) groups excluding carboxylic acids is 1. The maximum Gasteiger partial charge on any atom is 0.172 e. The predicted octanol–water partition coefficient (Wildman–Crippen LogP) is 2.49. The van der Waals surface area contributed by atoms with Crippen LogP contribution in [0.15, 0.2) is 24.3 Å². The minimum atomic E-state index is 0.428. The highest BCUT2D eigenvalue weighted by Gasteiger charge is 2.12. The molecule has 0 fully saturated rings. The molecule has 5 heteroatoms. The summed E-state index contributed by atoms with van der Waals surface area (Å²) in [5.74, 6) is 0.821. The van der Waals surface area contributed by atoms with Crippen molar-refractivity contribution in [2.24, 2.45) is 0 Å². The fourth-order valence-electron chi connectivity index (χ4n) is 2.04. The number of hydrogen-bond donors (Lipinski definition) is 0. The molecule has 0 radical (unpaired) electrons. The van der Waals surface area contributed by atoms with Crippen LogP contribution in [0.25, 0.3) is 0 Å². The standard InChI is InChI=1S/C15H19N3O2/c1-3-4-9-18-15(14(11-19)16-17-18)10-12-5-7-13(20-2)8-6-12/h5-8,11H,3-4,9-10H2,1-2H3. The monoisotopic (exact) mass is 273 g/mol. The van der Waals surface area contributed by atoms with Gasteiger partial charge in [-0.2, -0.15) is 0 Å². The topological polar surface area (TPSA) is 57.0 Å². The van der Waals surface area contributed by atoms with E-state index in [0.29, 0.717) is 12.1 Å². The summed E-state index contributed by atoms with van der Waals surface area (Å²) in [5, 5.41) is 8.00. The quantitative estimate of drug-likeness (QED) is 0.727. The van der Waals surface area contributed by atoms with E-state index < -0.39 is 0 Å². The zero-order valence-corrected chi connectivity index (χ0v) is 11.9. The van der Waals surface area contributed by atoms with E-state index in [2.05, 4.69) is 17.2 Å². The lowest BCUT2D eigenvalue weighted by molar-refractivity contribution is 0.111. The Morgan fingerprint density at radius 2 is 2.05 bits per heavy atom. The molecule has 0 saturated carbocycles. The van der Waals surface area contributed by atoms with Crippen LogP contribution in [0.5, 0.6) is 5.75 Å². The van der Waals surface area contributed by atoms with Gasteiger partial charge in [-0.25, -0.2) is 4.68 Å². The van der Waals surface area contributed by atoms with Gasteiger partial charge in [-0.15, -0.1) is 5.10 Å². The van der Waals surface area contributed by atoms with Crippen molar-refractivity contribution in [2.45, 2.75) is 32.7 Å². The van der Waals surface area contributed by atoms with Crippen LogP contribution in [0, 0.1) is 0 Å². The lowest BCUT2D eigenvalue weighted by Gasteiger charge is -2.07. The Morgan fingerprint density at radius 1 is 1.30 bits per heavy atom. The molecule has 20 heavy (non-hydrogen) atoms. The predicted molar refractivity (Wildman–Crippen MR) is 76.1 cm³/mol. The molecule has 5 nitrogen and oxygen atoms in total. The van der Waals surface area contributed by atoms with E-state index in [1.54, 1.807) is 7.11 Å². The van der Waals surface area contributed by atoms with Crippen LogP contribution in [0.1, 0.15) is 41.5 Å². The van der Waals surface area contributed by atoms with Gasteiger partial charge >= 0.3 is 0 Å². The van der Waals surface area contributed by atoms with Crippen LogP contribution >= 0.6 is 0 Å². The number of hydrogen-bond acceptors (Lipinski definition) is 4. The van der Waals surface area contributed by atoms with Crippen molar-refractivity contribution >= 4 is 6.29 Å². The molecule has 0 saturated heterocycles. The maximum absolute atomic E-state index is 11.1. The molecule has 0 unspecified atom stereocenters. The van der Waals surface area contributed by atoms with Crippen molar-refractivity contribution in [3.05, 3.63) is 41.2 Å². The van der Waals surface area contributed by atoms with Crippen molar-refractivity contribution in [3.63, 3.8) is 0 Å². The highest BCUT2D eigenvalue weighted by molar-refractivity contribution is 5.73. The molecule has 1 heterocycles. The second-order valence-electron chi connectivity index (χ2n) is 4.64. The van der Waals surface area contributed by atoms with Gasteiger partial charge in [0.25, 0.3) is 0 Å². The molecule has 1 aromatic carbocycles. The van der Waals surface area contributed by atoms with Gasteiger partial charge in [0, 0.05) is 13.0 Å². The molecule has 0 spiro atoms. The van der Waals surface area contributed by atoms with Gasteiger partial charge in [0.1, 0.15) is 11.4 Å². The highest BCUT2D eigenvalue weighted by atomic mass is 16.5. The Morgan fingerprint density at radius 3 is 2.65 bits per heavy atom. The summed E-state index contributed by atoms with van der Waals surface area (Å²) < 4.78 is 6.97. The Kier molecular flexibility index (Phi) is 4.87. The highest BCUT2D eigenvalue weighted by Crippen LogP contribution is 2.16. The summed E-state index contributed by atoms with van der Waals surface area (Å²) in [6, 6.07) is 7.81. The number of nitrogens with zero attached hydrogens (tertiary/aromatic N) is 3. The number of aromatic nitrogens is 3. The summed E-state index contributed by atoms with van der Waals surface area (Å²) in [5.41, 5.74) is 2.41. The fraction of sp³-hybridized carbons (Fsp3) is 0.400. The normalized spacial score (nSPS) is 10.5. The molecule has 1 aromatic heterocycles. The van der Waals surface area contributed by atoms with Crippen molar-refractivity contribution in [1.29, 1.82) is 0 Å². The summed E-state index contributed by atoms with van der Waals surface area (Å²) in [6.45, 7) is 2.92. The lowest BCUT2D eigenvalue weighted by atomic mass is 10.1. The number of aldehydes is 1. The molecule has 0 atom stereocenters. The van der Waals surface area contributed by atoms with E-state index in [0.717, 1.165) is 42.7 Å². The molecule has 0 aliphatic rings. The molecular formula is C15H19N3O2. The third kappa shape index (κ3) is 3.23. The second-order valence-corrected chi connectivity index (χ2v) is 4.64. The van der Waals surface area contributed by atoms with Crippen molar-refractivity contribution in [1.82, 2.24) is 15.0 Å². The van der Waals surface area contributed by atoms with Crippen LogP contribution in [0.2, 0.25) is 0 Å². The van der Waals surface area contributed by atoms with Crippen LogP contribution in [0.3, 0.4) is 0 Å². The van der Waals surface area contributed by atoms with Crippen LogP contribution < -0.4 is 4.74 Å². The molecular weight excluding hydrogens is 254 g/mol. The molecule has 0 aliphatic heterocycles. The van der Waals surface area contributed by atoms with Gasteiger partial charge in [-0.05, 0) is 24.1 Å². The first-order chi connectivity index (χ1) is 9.78. The number of aryl methyl sites for hydroxylation is 1. The SMILES string of the molecule is CCCCn1nnc(C=O)c1Cc1ccc(OC)cc1. The fourth-order valence-corrected chi connectivity index (χ4v) is 2.04. The van der Waals surface area contributed by atoms with Crippen molar-refractivity contribution in [3.8, 4) is 5.75 Å². The minimum Gasteiger partial charge on any atom is -0.497 e. The minimum absolute atomic E-state index is 0.428. The van der Waals surface area contributed by atoms with Crippen LogP contribution in [-0.4, -0.2) is 28.4 Å². The summed E-state index contributed by atoms with van der Waals surface area (Å²) in [6.07, 6.45) is 3.53. The molecule has 0 N–H and O–H groups in total. The number of methoxy groups -OCH3 is 1. The molecule has 0 aliphatic carbocycles. The van der Waals surface area contributed by atoms with E-state index in [-0.39, 0.29) is 0 Å². The van der Waals surface area contributed by atoms with Gasteiger partial charge in [0.2, 0.25) is 0 Å². The first-order valence-electron chi connectivity index (χ1n) is 6.79. The van der Waals surface area contributed by atoms with Crippen molar-refractivity contribution in [2.75, 3.05) is 7.11 Å².